The van der Waals surface area contributed by atoms with Gasteiger partial charge < -0.3 is 49.5 Å². The first-order valence-corrected chi connectivity index (χ1v) is 22.4. The quantitative estimate of drug-likeness (QED) is 0.0964. The van der Waals surface area contributed by atoms with E-state index in [4.69, 9.17) is 62.5 Å². The van der Waals surface area contributed by atoms with Gasteiger partial charge in [-0.3, -0.25) is 4.79 Å². The van der Waals surface area contributed by atoms with Crippen molar-refractivity contribution in [1.82, 2.24) is 10.2 Å². The number of rotatable bonds is 19. The van der Waals surface area contributed by atoms with Crippen LogP contribution in [0.25, 0.3) is 0 Å². The minimum atomic E-state index is -0.931. The van der Waals surface area contributed by atoms with Crippen LogP contribution in [0.2, 0.25) is 10.0 Å². The largest absolute Gasteiger partial charge is 0.493 e. The van der Waals surface area contributed by atoms with Gasteiger partial charge >= 0.3 is 17.9 Å². The van der Waals surface area contributed by atoms with Crippen molar-refractivity contribution in [2.45, 2.75) is 85.1 Å². The molecule has 0 spiro atoms. The number of allylic oxidation sites excluding steroid dienone is 2. The van der Waals surface area contributed by atoms with Crippen molar-refractivity contribution in [1.29, 1.82) is 5.26 Å². The number of methoxy groups -OCH3 is 5. The fourth-order valence-electron chi connectivity index (χ4n) is 7.42. The van der Waals surface area contributed by atoms with Crippen molar-refractivity contribution < 1.29 is 47.9 Å². The number of carbonyl (C=O) groups excluding carboxylic acids is 2. The van der Waals surface area contributed by atoms with E-state index in [1.807, 2.05) is 30.3 Å². The first-order valence-electron chi connectivity index (χ1n) is 21.6. The molecule has 14 nitrogen and oxygen atoms in total. The first-order chi connectivity index (χ1) is 31.2. The number of carbonyl (C=O) groups is 3. The number of esters is 2. The maximum atomic E-state index is 12.6. The molecule has 2 unspecified atom stereocenters. The zero-order chi connectivity index (χ0) is 49.9. The predicted molar refractivity (Wildman–Crippen MR) is 258 cm³/mol. The summed E-state index contributed by atoms with van der Waals surface area (Å²) in [6, 6.07) is 18.9. The molecule has 0 amide bonds. The molecule has 1 aliphatic rings. The van der Waals surface area contributed by atoms with Crippen LogP contribution in [0.15, 0.2) is 77.1 Å². The third kappa shape index (κ3) is 14.8. The average molecular weight is 956 g/mol. The molecule has 0 aliphatic carbocycles. The summed E-state index contributed by atoms with van der Waals surface area (Å²) in [5.74, 6) is 0.260. The highest BCUT2D eigenvalue weighted by molar-refractivity contribution is 6.42. The Morgan fingerprint density at radius 2 is 1.41 bits per heavy atom. The van der Waals surface area contributed by atoms with Crippen LogP contribution < -0.4 is 30.0 Å². The second-order valence-corrected chi connectivity index (χ2v) is 17.0. The number of carboxylic acid groups (broad SMARTS) is 1. The molecule has 16 heteroatoms. The highest BCUT2D eigenvalue weighted by Gasteiger charge is 2.39. The molecule has 0 saturated carbocycles. The molecule has 66 heavy (non-hydrogen) atoms. The topological polar surface area (TPSA) is 192 Å². The number of aliphatic carboxylic acids is 1. The van der Waals surface area contributed by atoms with Gasteiger partial charge in [-0.05, 0) is 112 Å². The van der Waals surface area contributed by atoms with E-state index in [1.165, 1.54) is 12.7 Å². The van der Waals surface area contributed by atoms with Gasteiger partial charge in [-0.15, -0.1) is 0 Å². The Bertz CT molecular complexity index is 2220. The highest BCUT2D eigenvalue weighted by atomic mass is 35.5. The Balaban J connectivity index is 0.000000399. The van der Waals surface area contributed by atoms with Crippen LogP contribution in [-0.4, -0.2) is 96.2 Å². The average Bonchev–Trinajstić information content (AvgIpc) is 3.29. The molecule has 0 radical (unpaired) electrons. The lowest BCUT2D eigenvalue weighted by molar-refractivity contribution is -0.140. The number of nitrogens with zero attached hydrogens (tertiary/aromatic N) is 2. The Hall–Kier alpha value is -5.46. The van der Waals surface area contributed by atoms with Crippen LogP contribution in [0, 0.1) is 23.2 Å². The van der Waals surface area contributed by atoms with E-state index < -0.39 is 35.3 Å². The van der Waals surface area contributed by atoms with E-state index in [-0.39, 0.29) is 23.5 Å². The van der Waals surface area contributed by atoms with Crippen molar-refractivity contribution in [2.75, 3.05) is 62.3 Å². The van der Waals surface area contributed by atoms with Gasteiger partial charge in [0.05, 0.1) is 80.7 Å². The van der Waals surface area contributed by atoms with Gasteiger partial charge in [-0.1, -0.05) is 75.2 Å². The predicted octanol–water partition coefficient (Wildman–Crippen LogP) is 9.11. The molecule has 3 aromatic rings. The van der Waals surface area contributed by atoms with Crippen molar-refractivity contribution >= 4 is 41.1 Å². The molecule has 4 rings (SSSR count). The van der Waals surface area contributed by atoms with Gasteiger partial charge in [0.2, 0.25) is 0 Å². The lowest BCUT2D eigenvalue weighted by atomic mass is 9.69. The third-order valence-corrected chi connectivity index (χ3v) is 12.2. The van der Waals surface area contributed by atoms with Crippen LogP contribution in [0.1, 0.15) is 83.9 Å². The minimum absolute atomic E-state index is 0.0208. The summed E-state index contributed by atoms with van der Waals surface area (Å²) in [6.45, 7) is 15.0. The Morgan fingerprint density at radius 1 is 0.848 bits per heavy atom. The van der Waals surface area contributed by atoms with Gasteiger partial charge in [-0.25, -0.2) is 9.59 Å². The molecule has 0 bridgehead atoms. The zero-order valence-corrected chi connectivity index (χ0v) is 42.1. The molecule has 3 aromatic carbocycles. The second-order valence-electron chi connectivity index (χ2n) is 16.3. The van der Waals surface area contributed by atoms with Crippen LogP contribution in [-0.2, 0) is 35.7 Å². The number of hydrogen-bond acceptors (Lipinski definition) is 13. The number of hydrogen-bond donors (Lipinski definition) is 3. The molecular weight excluding hydrogens is 887 g/mol. The number of benzene rings is 3. The van der Waals surface area contributed by atoms with Gasteiger partial charge in [0, 0.05) is 17.9 Å². The molecule has 1 heterocycles. The fraction of sp³-hybridized carbons (Fsp3) is 0.480. The van der Waals surface area contributed by atoms with Crippen molar-refractivity contribution in [3.05, 3.63) is 104 Å². The zero-order valence-electron chi connectivity index (χ0n) is 40.6. The van der Waals surface area contributed by atoms with E-state index in [0.717, 1.165) is 49.4 Å². The molecule has 362 valence electrons. The minimum Gasteiger partial charge on any atom is -0.493 e. The molecule has 0 saturated heterocycles. The van der Waals surface area contributed by atoms with E-state index >= 15 is 0 Å². The molecule has 4 N–H and O–H groups in total. The highest BCUT2D eigenvalue weighted by Crippen LogP contribution is 2.44. The van der Waals surface area contributed by atoms with Gasteiger partial charge in [0.15, 0.2) is 23.0 Å². The van der Waals surface area contributed by atoms with E-state index in [2.05, 4.69) is 43.2 Å². The number of nitrogens with one attached hydrogen (secondary N) is 1. The van der Waals surface area contributed by atoms with Crippen molar-refractivity contribution in [2.24, 2.45) is 17.6 Å². The Labute approximate surface area is 400 Å². The summed E-state index contributed by atoms with van der Waals surface area (Å²) >= 11 is 12.5. The number of likely N-dealkylation sites (N-methyl/N-ethyl adjacent to an activating group) is 1. The number of nitrogens with two attached hydrogens (primary N) is 1. The molecule has 3 atom stereocenters. The van der Waals surface area contributed by atoms with Crippen LogP contribution in [0.5, 0.6) is 23.0 Å². The smallest absolute Gasteiger partial charge is 0.336 e. The molecule has 0 fully saturated rings. The summed E-state index contributed by atoms with van der Waals surface area (Å²) in [5, 5.41) is 22.1. The van der Waals surface area contributed by atoms with E-state index in [9.17, 15) is 19.6 Å². The maximum Gasteiger partial charge on any atom is 0.336 e. The normalized spacial score (nSPS) is 14.7. The van der Waals surface area contributed by atoms with Crippen LogP contribution in [0.4, 0.5) is 0 Å². The first kappa shape index (κ1) is 56.7. The molecular formula is C50H68Cl2N4O10. The van der Waals surface area contributed by atoms with E-state index in [0.29, 0.717) is 44.6 Å². The summed E-state index contributed by atoms with van der Waals surface area (Å²) in [5.41, 5.74) is 9.07. The van der Waals surface area contributed by atoms with Crippen LogP contribution >= 0.6 is 23.2 Å². The summed E-state index contributed by atoms with van der Waals surface area (Å²) in [6.07, 6.45) is 2.61. The van der Waals surface area contributed by atoms with Gasteiger partial charge in [-0.2, -0.15) is 5.26 Å². The van der Waals surface area contributed by atoms with E-state index in [1.54, 1.807) is 81.3 Å². The third-order valence-electron chi connectivity index (χ3n) is 11.4. The standard InChI is InChI=1S/C27H38N2O4.C18H19Cl2NO4.C5H11NO2/c1-20(2)27(19-28,22-10-12-24(31-5)26(18-22)33-7)14-8-15-29(3)16-13-21-9-11-23(30-4)25(17-21)32-6;1-5-25-18(23)14-10(3)21-9(2)13(17(22)24-4)15(14)11-7-6-8-12(19)16(11)20;1-3(2)4(6)5(7)8/h9-12,17-18,20H,8,13-16H2,1-7H3;6-8,15,21H,5H2,1-4H3;3-4H,6H2,1-2H3,(H,7,8)/t;;4-/m..0/s1. The maximum absolute atomic E-state index is 12.6. The van der Waals surface area contributed by atoms with Crippen molar-refractivity contribution in [3.8, 4) is 29.1 Å². The second kappa shape index (κ2) is 27.2. The fourth-order valence-corrected chi connectivity index (χ4v) is 7.84. The summed E-state index contributed by atoms with van der Waals surface area (Å²) < 4.78 is 31.7. The lowest BCUT2D eigenvalue weighted by Crippen LogP contribution is -2.34. The van der Waals surface area contributed by atoms with Crippen molar-refractivity contribution in [3.63, 3.8) is 0 Å². The number of halogens is 2. The monoisotopic (exact) mass is 954 g/mol. The summed E-state index contributed by atoms with van der Waals surface area (Å²) in [7, 11) is 9.96. The number of carboxylic acids is 1. The van der Waals surface area contributed by atoms with Gasteiger partial charge in [0.25, 0.3) is 0 Å². The Kier molecular flexibility index (Phi) is 23.4. The summed E-state index contributed by atoms with van der Waals surface area (Å²) in [4.78, 5) is 37.3. The number of nitriles is 1. The number of ether oxygens (including phenoxy) is 6. The van der Waals surface area contributed by atoms with Crippen LogP contribution in [0.3, 0.4) is 0 Å². The molecule has 0 aromatic heterocycles. The SMILES string of the molecule is CC(C)[C@H](N)C(=O)O.CCOC(=O)C1=C(C)NC(C)=C(C(=O)OC)C1c1cccc(Cl)c1Cl.COc1ccc(CCN(C)CCCC(C#N)(c2ccc(OC)c(OC)c2)C(C)C)cc1OC. The molecule has 1 aliphatic heterocycles. The van der Waals surface area contributed by atoms with Gasteiger partial charge in [0.1, 0.15) is 6.04 Å². The Morgan fingerprint density at radius 3 is 1.89 bits per heavy atom. The number of dihydropyridines is 1. The lowest BCUT2D eigenvalue weighted by Gasteiger charge is -2.32.